The Morgan fingerprint density at radius 3 is 2.53 bits per heavy atom. The number of carbonyl (C=O) groups is 3. The molecule has 3 aromatic rings. The molecule has 196 valence electrons. The van der Waals surface area contributed by atoms with E-state index in [0.29, 0.717) is 46.6 Å². The number of allylic oxidation sites excluding steroid dienone is 3. The Balaban J connectivity index is 1.64. The first-order valence-electron chi connectivity index (χ1n) is 13.0. The minimum Gasteiger partial charge on any atom is -0.497 e. The number of fused-ring (bicyclic) bond motifs is 1. The summed E-state index contributed by atoms with van der Waals surface area (Å²) in [6.45, 7) is 5.87. The molecule has 0 saturated carbocycles. The zero-order valence-corrected chi connectivity index (χ0v) is 22.1. The van der Waals surface area contributed by atoms with E-state index < -0.39 is 11.9 Å². The molecular weight excluding hydrogens is 482 g/mol. The summed E-state index contributed by atoms with van der Waals surface area (Å²) in [5.41, 5.74) is 5.47. The van der Waals surface area contributed by atoms with Crippen molar-refractivity contribution in [3.63, 3.8) is 0 Å². The number of nitrogens with one attached hydrogen (secondary N) is 1. The van der Waals surface area contributed by atoms with Crippen LogP contribution in [0.2, 0.25) is 0 Å². The Hall–Kier alpha value is -4.13. The molecular formula is C31H31NO6. The van der Waals surface area contributed by atoms with Crippen LogP contribution in [0, 0.1) is 0 Å². The van der Waals surface area contributed by atoms with Crippen molar-refractivity contribution < 1.29 is 28.3 Å². The van der Waals surface area contributed by atoms with Crippen molar-refractivity contribution in [1.29, 1.82) is 0 Å². The minimum absolute atomic E-state index is 0.0405. The lowest BCUT2D eigenvalue weighted by molar-refractivity contribution is -0.138. The van der Waals surface area contributed by atoms with Crippen LogP contribution in [0.15, 0.2) is 69.4 Å². The van der Waals surface area contributed by atoms with Crippen molar-refractivity contribution >= 4 is 28.5 Å². The van der Waals surface area contributed by atoms with Gasteiger partial charge in [0.1, 0.15) is 11.3 Å². The lowest BCUT2D eigenvalue weighted by Crippen LogP contribution is -2.34. The molecule has 2 aromatic carbocycles. The smallest absolute Gasteiger partial charge is 0.336 e. The zero-order valence-electron chi connectivity index (χ0n) is 22.1. The molecule has 1 unspecified atom stereocenters. The Labute approximate surface area is 221 Å². The molecule has 0 amide bonds. The quantitative estimate of drug-likeness (QED) is 0.317. The van der Waals surface area contributed by atoms with Gasteiger partial charge in [-0.15, -0.1) is 0 Å². The van der Waals surface area contributed by atoms with Gasteiger partial charge < -0.3 is 19.2 Å². The molecule has 0 saturated heterocycles. The number of carbonyl (C=O) groups excluding carboxylic acids is 3. The number of aryl methyl sites for hydroxylation is 1. The number of hydrogen-bond acceptors (Lipinski definition) is 7. The fourth-order valence-electron chi connectivity index (χ4n) is 5.47. The van der Waals surface area contributed by atoms with E-state index in [1.807, 2.05) is 26.0 Å². The molecule has 0 fully saturated rings. The maximum atomic E-state index is 13.2. The van der Waals surface area contributed by atoms with Crippen LogP contribution < -0.4 is 10.1 Å². The van der Waals surface area contributed by atoms with E-state index in [1.54, 1.807) is 44.4 Å². The Morgan fingerprint density at radius 2 is 1.84 bits per heavy atom. The highest BCUT2D eigenvalue weighted by Crippen LogP contribution is 2.44. The van der Waals surface area contributed by atoms with E-state index in [0.717, 1.165) is 35.1 Å². The number of dihydropyridines is 1. The highest BCUT2D eigenvalue weighted by molar-refractivity contribution is 6.09. The number of Topliss-reactive ketones (excluding diaryl/α,β-unsaturated/α-hetero) is 1. The number of hydrogen-bond donors (Lipinski definition) is 1. The van der Waals surface area contributed by atoms with Gasteiger partial charge in [0.05, 0.1) is 19.3 Å². The summed E-state index contributed by atoms with van der Waals surface area (Å²) < 4.78 is 16.7. The standard InChI is InChI=1S/C31H31NO6/c1-5-18-14-20(15-21-16-25(38-30(18)21)29(34)19-10-12-22(36-4)13-11-19)27-26(31(35)37-6-2)17(3)32-23-8-7-9-24(33)28(23)27/h10-16,27,32H,5-9H2,1-4H3. The third-order valence-electron chi connectivity index (χ3n) is 7.28. The SMILES string of the molecule is CCOC(=O)C1=C(C)NC2=C(C(=O)CCC2)C1c1cc(CC)c2oc(C(=O)c3ccc(OC)cc3)cc2c1. The molecule has 7 nitrogen and oxygen atoms in total. The number of benzene rings is 2. The van der Waals surface area contributed by atoms with Crippen LogP contribution in [0.25, 0.3) is 11.0 Å². The predicted octanol–water partition coefficient (Wildman–Crippen LogP) is 5.77. The van der Waals surface area contributed by atoms with Crippen molar-refractivity contribution in [1.82, 2.24) is 5.32 Å². The molecule has 5 rings (SSSR count). The average molecular weight is 514 g/mol. The van der Waals surface area contributed by atoms with E-state index >= 15 is 0 Å². The Bertz CT molecular complexity index is 1510. The summed E-state index contributed by atoms with van der Waals surface area (Å²) in [4.78, 5) is 39.6. The molecule has 2 aliphatic rings. The first kappa shape index (κ1) is 25.5. The van der Waals surface area contributed by atoms with Gasteiger partial charge in [-0.1, -0.05) is 13.0 Å². The third kappa shape index (κ3) is 4.42. The van der Waals surface area contributed by atoms with Crippen molar-refractivity contribution in [2.45, 2.75) is 52.4 Å². The number of esters is 1. The highest BCUT2D eigenvalue weighted by Gasteiger charge is 2.39. The fraction of sp³-hybridized carbons (Fsp3) is 0.323. The van der Waals surface area contributed by atoms with Gasteiger partial charge >= 0.3 is 5.97 Å². The van der Waals surface area contributed by atoms with Crippen molar-refractivity contribution in [3.05, 3.63) is 87.5 Å². The molecule has 1 aliphatic heterocycles. The average Bonchev–Trinajstić information content (AvgIpc) is 3.36. The van der Waals surface area contributed by atoms with E-state index in [1.165, 1.54) is 0 Å². The van der Waals surface area contributed by atoms with Gasteiger partial charge in [0.2, 0.25) is 5.78 Å². The monoisotopic (exact) mass is 513 g/mol. The predicted molar refractivity (Wildman–Crippen MR) is 143 cm³/mol. The molecule has 2 heterocycles. The second-order valence-electron chi connectivity index (χ2n) is 9.61. The summed E-state index contributed by atoms with van der Waals surface area (Å²) in [6, 6.07) is 12.5. The van der Waals surface area contributed by atoms with E-state index in [-0.39, 0.29) is 23.9 Å². The molecule has 0 radical (unpaired) electrons. The molecule has 1 N–H and O–H groups in total. The largest absolute Gasteiger partial charge is 0.497 e. The van der Waals surface area contributed by atoms with Gasteiger partial charge in [-0.05, 0) is 80.6 Å². The molecule has 0 bridgehead atoms. The number of furan rings is 1. The van der Waals surface area contributed by atoms with Crippen LogP contribution in [0.4, 0.5) is 0 Å². The molecule has 1 aliphatic carbocycles. The van der Waals surface area contributed by atoms with Gasteiger partial charge in [-0.2, -0.15) is 0 Å². The fourth-order valence-corrected chi connectivity index (χ4v) is 5.47. The van der Waals surface area contributed by atoms with E-state index in [4.69, 9.17) is 13.9 Å². The summed E-state index contributed by atoms with van der Waals surface area (Å²) in [7, 11) is 1.58. The Kier molecular flexibility index (Phi) is 6.93. The maximum Gasteiger partial charge on any atom is 0.336 e. The minimum atomic E-state index is -0.552. The number of rotatable bonds is 7. The van der Waals surface area contributed by atoms with Crippen LogP contribution in [-0.4, -0.2) is 31.3 Å². The lowest BCUT2D eigenvalue weighted by atomic mass is 9.74. The summed E-state index contributed by atoms with van der Waals surface area (Å²) >= 11 is 0. The van der Waals surface area contributed by atoms with E-state index in [2.05, 4.69) is 5.32 Å². The second kappa shape index (κ2) is 10.3. The summed E-state index contributed by atoms with van der Waals surface area (Å²) in [6.07, 6.45) is 2.62. The summed E-state index contributed by atoms with van der Waals surface area (Å²) in [5.74, 6) is -0.286. The molecule has 1 atom stereocenters. The first-order valence-corrected chi connectivity index (χ1v) is 13.0. The normalized spacial score (nSPS) is 17.4. The first-order chi connectivity index (χ1) is 18.4. The van der Waals surface area contributed by atoms with Gasteiger partial charge in [0.25, 0.3) is 0 Å². The van der Waals surface area contributed by atoms with Gasteiger partial charge in [0.15, 0.2) is 11.5 Å². The van der Waals surface area contributed by atoms with Crippen LogP contribution in [0.1, 0.15) is 73.2 Å². The van der Waals surface area contributed by atoms with Crippen LogP contribution in [0.5, 0.6) is 5.75 Å². The van der Waals surface area contributed by atoms with Crippen LogP contribution >= 0.6 is 0 Å². The third-order valence-corrected chi connectivity index (χ3v) is 7.28. The van der Waals surface area contributed by atoms with E-state index in [9.17, 15) is 14.4 Å². The molecule has 0 spiro atoms. The lowest BCUT2D eigenvalue weighted by Gasteiger charge is -2.34. The number of methoxy groups -OCH3 is 1. The molecule has 7 heteroatoms. The number of ether oxygens (including phenoxy) is 2. The molecule has 38 heavy (non-hydrogen) atoms. The van der Waals surface area contributed by atoms with Gasteiger partial charge in [-0.3, -0.25) is 9.59 Å². The van der Waals surface area contributed by atoms with Crippen molar-refractivity contribution in [2.75, 3.05) is 13.7 Å². The van der Waals surface area contributed by atoms with Gasteiger partial charge in [0, 0.05) is 40.3 Å². The van der Waals surface area contributed by atoms with Crippen molar-refractivity contribution in [2.24, 2.45) is 0 Å². The highest BCUT2D eigenvalue weighted by atomic mass is 16.5. The van der Waals surface area contributed by atoms with Gasteiger partial charge in [-0.25, -0.2) is 4.79 Å². The maximum absolute atomic E-state index is 13.2. The number of ketones is 2. The van der Waals surface area contributed by atoms with Crippen LogP contribution in [-0.2, 0) is 20.7 Å². The summed E-state index contributed by atoms with van der Waals surface area (Å²) in [5, 5.41) is 4.07. The van der Waals surface area contributed by atoms with Crippen molar-refractivity contribution in [3.8, 4) is 5.75 Å². The second-order valence-corrected chi connectivity index (χ2v) is 9.61. The topological polar surface area (TPSA) is 94.8 Å². The zero-order chi connectivity index (χ0) is 27.0. The molecule has 1 aromatic heterocycles. The van der Waals surface area contributed by atoms with Crippen LogP contribution in [0.3, 0.4) is 0 Å². The Morgan fingerprint density at radius 1 is 1.08 bits per heavy atom.